The first-order valence-electron chi connectivity index (χ1n) is 4.98. The van der Waals surface area contributed by atoms with Crippen molar-refractivity contribution in [2.24, 2.45) is 0 Å². The summed E-state index contributed by atoms with van der Waals surface area (Å²) in [7, 11) is 0. The maximum atomic E-state index is 11.4. The van der Waals surface area contributed by atoms with Crippen LogP contribution in [0, 0.1) is 0 Å². The summed E-state index contributed by atoms with van der Waals surface area (Å²) in [4.78, 5) is 23.5. The molecule has 1 aromatic carbocycles. The number of cyclic esters (lactones) is 1. The lowest BCUT2D eigenvalue weighted by Crippen LogP contribution is -2.38. The van der Waals surface area contributed by atoms with Crippen molar-refractivity contribution in [3.63, 3.8) is 0 Å². The quantitative estimate of drug-likeness (QED) is 0.893. The molecule has 5 nitrogen and oxygen atoms in total. The molecule has 0 radical (unpaired) electrons. The number of ether oxygens (including phenoxy) is 1. The summed E-state index contributed by atoms with van der Waals surface area (Å²) in [5.74, 6) is -1.07. The van der Waals surface area contributed by atoms with Gasteiger partial charge in [-0.15, -0.1) is 0 Å². The fourth-order valence-electron chi connectivity index (χ4n) is 1.66. The summed E-state index contributed by atoms with van der Waals surface area (Å²) in [6, 6.07) is 5.99. The first-order valence-corrected chi connectivity index (χ1v) is 5.36. The number of halogens is 1. The maximum Gasteiger partial charge on any atom is 0.411 e. The summed E-state index contributed by atoms with van der Waals surface area (Å²) >= 11 is 5.81. The molecular formula is C11H10ClNO4. The maximum absolute atomic E-state index is 11.4. The van der Waals surface area contributed by atoms with E-state index < -0.39 is 18.1 Å². The summed E-state index contributed by atoms with van der Waals surface area (Å²) in [6.07, 6.45) is -0.614. The lowest BCUT2D eigenvalue weighted by molar-refractivity contribution is -0.141. The topological polar surface area (TPSA) is 66.8 Å². The Morgan fingerprint density at radius 1 is 1.59 bits per heavy atom. The molecule has 1 aliphatic heterocycles. The van der Waals surface area contributed by atoms with Gasteiger partial charge in [0.1, 0.15) is 6.61 Å². The molecule has 1 N–H and O–H groups in total. The zero-order chi connectivity index (χ0) is 12.4. The monoisotopic (exact) mass is 255 g/mol. The zero-order valence-electron chi connectivity index (χ0n) is 8.80. The van der Waals surface area contributed by atoms with Gasteiger partial charge in [0, 0.05) is 5.02 Å². The van der Waals surface area contributed by atoms with Crippen molar-refractivity contribution in [2.45, 2.75) is 12.6 Å². The third kappa shape index (κ3) is 2.50. The molecule has 6 heteroatoms. The lowest BCUT2D eigenvalue weighted by atomic mass is 10.2. The van der Waals surface area contributed by atoms with Gasteiger partial charge in [-0.3, -0.25) is 4.90 Å². The van der Waals surface area contributed by atoms with E-state index in [1.165, 1.54) is 4.90 Å². The molecule has 0 spiro atoms. The fraction of sp³-hybridized carbons (Fsp3) is 0.273. The molecule has 1 fully saturated rings. The minimum atomic E-state index is -1.07. The van der Waals surface area contributed by atoms with Gasteiger partial charge in [-0.05, 0) is 17.7 Å². The van der Waals surface area contributed by atoms with Crippen LogP contribution in [0.5, 0.6) is 0 Å². The molecule has 1 aromatic rings. The summed E-state index contributed by atoms with van der Waals surface area (Å²) in [6.45, 7) is 0.0606. The Hall–Kier alpha value is -1.75. The van der Waals surface area contributed by atoms with Gasteiger partial charge in [-0.2, -0.15) is 0 Å². The van der Waals surface area contributed by atoms with Crippen molar-refractivity contribution in [1.29, 1.82) is 0 Å². The van der Waals surface area contributed by atoms with Crippen LogP contribution in [0.4, 0.5) is 4.79 Å². The van der Waals surface area contributed by atoms with Crippen molar-refractivity contribution >= 4 is 23.7 Å². The largest absolute Gasteiger partial charge is 0.480 e. The van der Waals surface area contributed by atoms with Gasteiger partial charge in [0.2, 0.25) is 0 Å². The lowest BCUT2D eigenvalue weighted by Gasteiger charge is -2.17. The SMILES string of the molecule is O=C(O)C1COC(=O)N1Cc1cccc(Cl)c1. The van der Waals surface area contributed by atoms with E-state index in [2.05, 4.69) is 0 Å². The van der Waals surface area contributed by atoms with Crippen molar-refractivity contribution in [2.75, 3.05) is 6.61 Å². The Morgan fingerprint density at radius 2 is 2.35 bits per heavy atom. The van der Waals surface area contributed by atoms with Gasteiger partial charge in [0.15, 0.2) is 6.04 Å². The van der Waals surface area contributed by atoms with Crippen LogP contribution in [0.3, 0.4) is 0 Å². The molecule has 1 amide bonds. The molecule has 0 aliphatic carbocycles. The highest BCUT2D eigenvalue weighted by atomic mass is 35.5. The standard InChI is InChI=1S/C11H10ClNO4/c12-8-3-1-2-7(4-8)5-13-9(10(14)15)6-17-11(13)16/h1-4,9H,5-6H2,(H,14,15). The predicted octanol–water partition coefficient (Wildman–Crippen LogP) is 1.75. The average molecular weight is 256 g/mol. The molecule has 1 aliphatic rings. The summed E-state index contributed by atoms with van der Waals surface area (Å²) in [5.41, 5.74) is 0.766. The van der Waals surface area contributed by atoms with Crippen molar-refractivity contribution in [1.82, 2.24) is 4.90 Å². The van der Waals surface area contributed by atoms with Gasteiger partial charge in [0.05, 0.1) is 6.54 Å². The molecule has 0 saturated carbocycles. The second-order valence-electron chi connectivity index (χ2n) is 3.69. The highest BCUT2D eigenvalue weighted by Gasteiger charge is 2.37. The Balaban J connectivity index is 2.16. The van der Waals surface area contributed by atoms with Crippen molar-refractivity contribution in [3.8, 4) is 0 Å². The first kappa shape index (κ1) is 11.7. The molecule has 1 unspecified atom stereocenters. The third-order valence-corrected chi connectivity index (χ3v) is 2.74. The van der Waals surface area contributed by atoms with Crippen LogP contribution >= 0.6 is 11.6 Å². The molecule has 2 rings (SSSR count). The molecule has 0 bridgehead atoms. The van der Waals surface area contributed by atoms with Gasteiger partial charge in [0.25, 0.3) is 0 Å². The van der Waals surface area contributed by atoms with Crippen LogP contribution < -0.4 is 0 Å². The second-order valence-corrected chi connectivity index (χ2v) is 4.13. The summed E-state index contributed by atoms with van der Waals surface area (Å²) < 4.78 is 4.72. The van der Waals surface area contributed by atoms with Crippen LogP contribution in [0.2, 0.25) is 5.02 Å². The minimum Gasteiger partial charge on any atom is -0.480 e. The molecule has 1 heterocycles. The van der Waals surface area contributed by atoms with Crippen LogP contribution in [-0.4, -0.2) is 34.7 Å². The Morgan fingerprint density at radius 3 is 3.00 bits per heavy atom. The molecule has 90 valence electrons. The molecular weight excluding hydrogens is 246 g/mol. The summed E-state index contributed by atoms with van der Waals surface area (Å²) in [5, 5.41) is 9.48. The highest BCUT2D eigenvalue weighted by Crippen LogP contribution is 2.18. The molecule has 1 atom stereocenters. The number of carbonyl (C=O) groups is 2. The molecule has 17 heavy (non-hydrogen) atoms. The van der Waals surface area contributed by atoms with E-state index in [0.717, 1.165) is 5.56 Å². The number of amides is 1. The van der Waals surface area contributed by atoms with Crippen LogP contribution in [0.15, 0.2) is 24.3 Å². The third-order valence-electron chi connectivity index (χ3n) is 2.50. The number of benzene rings is 1. The number of nitrogens with zero attached hydrogens (tertiary/aromatic N) is 1. The van der Waals surface area contributed by atoms with Gasteiger partial charge >= 0.3 is 12.1 Å². The second kappa shape index (κ2) is 4.63. The smallest absolute Gasteiger partial charge is 0.411 e. The highest BCUT2D eigenvalue weighted by molar-refractivity contribution is 6.30. The zero-order valence-corrected chi connectivity index (χ0v) is 9.55. The number of carbonyl (C=O) groups excluding carboxylic acids is 1. The van der Waals surface area contributed by atoms with E-state index in [1.807, 2.05) is 0 Å². The number of aliphatic carboxylic acids is 1. The molecule has 0 aromatic heterocycles. The fourth-order valence-corrected chi connectivity index (χ4v) is 1.87. The van der Waals surface area contributed by atoms with Gasteiger partial charge < -0.3 is 9.84 Å². The van der Waals surface area contributed by atoms with E-state index >= 15 is 0 Å². The van der Waals surface area contributed by atoms with Crippen LogP contribution in [0.25, 0.3) is 0 Å². The van der Waals surface area contributed by atoms with Crippen molar-refractivity contribution < 1.29 is 19.4 Å². The van der Waals surface area contributed by atoms with E-state index in [1.54, 1.807) is 24.3 Å². The van der Waals surface area contributed by atoms with E-state index in [0.29, 0.717) is 5.02 Å². The number of hydrogen-bond donors (Lipinski definition) is 1. The van der Waals surface area contributed by atoms with Crippen LogP contribution in [0.1, 0.15) is 5.56 Å². The number of carboxylic acids is 1. The first-order chi connectivity index (χ1) is 8.08. The average Bonchev–Trinajstić information content (AvgIpc) is 2.61. The van der Waals surface area contributed by atoms with E-state index in [-0.39, 0.29) is 13.2 Å². The Bertz CT molecular complexity index is 463. The van der Waals surface area contributed by atoms with E-state index in [4.69, 9.17) is 21.4 Å². The minimum absolute atomic E-state index is 0.116. The number of hydrogen-bond acceptors (Lipinski definition) is 3. The van der Waals surface area contributed by atoms with Crippen molar-refractivity contribution in [3.05, 3.63) is 34.9 Å². The Kier molecular flexibility index (Phi) is 3.19. The Labute approximate surface area is 103 Å². The number of carboxylic acid groups (broad SMARTS) is 1. The molecule has 1 saturated heterocycles. The predicted molar refractivity (Wildman–Crippen MR) is 59.8 cm³/mol. The van der Waals surface area contributed by atoms with Crippen LogP contribution in [-0.2, 0) is 16.1 Å². The normalized spacial score (nSPS) is 19.2. The number of rotatable bonds is 3. The van der Waals surface area contributed by atoms with Gasteiger partial charge in [-0.1, -0.05) is 23.7 Å². The van der Waals surface area contributed by atoms with Gasteiger partial charge in [-0.25, -0.2) is 9.59 Å². The van der Waals surface area contributed by atoms with E-state index in [9.17, 15) is 9.59 Å².